The Balaban J connectivity index is 1.46. The standard InChI is InChI=1S/C20H30N4O4/c1-20(2,3)28-19(25)23-12-8-16(9-13-23)15-6-10-22(11-7-15)18-5-4-17(14-21-18)24(26)27/h4-5,14-16H,6-13H2,1-3H3. The molecule has 1 aromatic rings. The van der Waals surface area contributed by atoms with Crippen molar-refractivity contribution in [1.82, 2.24) is 9.88 Å². The summed E-state index contributed by atoms with van der Waals surface area (Å²) >= 11 is 0. The van der Waals surface area contributed by atoms with Crippen LogP contribution in [0.2, 0.25) is 0 Å². The fourth-order valence-corrected chi connectivity index (χ4v) is 4.15. The smallest absolute Gasteiger partial charge is 0.410 e. The highest BCUT2D eigenvalue weighted by atomic mass is 16.6. The van der Waals surface area contributed by atoms with Crippen LogP contribution >= 0.6 is 0 Å². The highest BCUT2D eigenvalue weighted by molar-refractivity contribution is 5.68. The highest BCUT2D eigenvalue weighted by Crippen LogP contribution is 2.34. The molecule has 0 saturated carbocycles. The van der Waals surface area contributed by atoms with Crippen molar-refractivity contribution in [2.75, 3.05) is 31.1 Å². The number of piperidine rings is 2. The van der Waals surface area contributed by atoms with Gasteiger partial charge < -0.3 is 14.5 Å². The van der Waals surface area contributed by atoms with Crippen LogP contribution in [0, 0.1) is 22.0 Å². The minimum atomic E-state index is -0.452. The van der Waals surface area contributed by atoms with Crippen LogP contribution in [0.5, 0.6) is 0 Å². The first-order chi connectivity index (χ1) is 13.2. The fourth-order valence-electron chi connectivity index (χ4n) is 4.15. The summed E-state index contributed by atoms with van der Waals surface area (Å²) in [5.41, 5.74) is -0.428. The van der Waals surface area contributed by atoms with Crippen LogP contribution in [-0.4, -0.2) is 52.7 Å². The first-order valence-corrected chi connectivity index (χ1v) is 10.1. The number of hydrogen-bond donors (Lipinski definition) is 0. The minimum absolute atomic E-state index is 0.0235. The van der Waals surface area contributed by atoms with Gasteiger partial charge in [0.15, 0.2) is 0 Å². The van der Waals surface area contributed by atoms with Crippen molar-refractivity contribution in [2.24, 2.45) is 11.8 Å². The van der Waals surface area contributed by atoms with Crippen molar-refractivity contribution in [2.45, 2.75) is 52.1 Å². The Morgan fingerprint density at radius 3 is 2.14 bits per heavy atom. The lowest BCUT2D eigenvalue weighted by molar-refractivity contribution is -0.385. The van der Waals surface area contributed by atoms with E-state index in [1.165, 1.54) is 12.3 Å². The van der Waals surface area contributed by atoms with E-state index in [1.54, 1.807) is 6.07 Å². The van der Waals surface area contributed by atoms with Crippen LogP contribution in [0.4, 0.5) is 16.3 Å². The third-order valence-corrected chi connectivity index (χ3v) is 5.66. The molecule has 154 valence electrons. The van der Waals surface area contributed by atoms with Gasteiger partial charge in [0.25, 0.3) is 5.69 Å². The zero-order chi connectivity index (χ0) is 20.3. The van der Waals surface area contributed by atoms with Gasteiger partial charge in [0.2, 0.25) is 0 Å². The topological polar surface area (TPSA) is 88.8 Å². The van der Waals surface area contributed by atoms with Gasteiger partial charge in [0.1, 0.15) is 17.6 Å². The number of amides is 1. The Bertz CT molecular complexity index is 685. The molecule has 2 saturated heterocycles. The number of ether oxygens (including phenoxy) is 1. The van der Waals surface area contributed by atoms with Gasteiger partial charge in [-0.1, -0.05) is 0 Å². The number of pyridine rings is 1. The largest absolute Gasteiger partial charge is 0.444 e. The van der Waals surface area contributed by atoms with Gasteiger partial charge in [-0.3, -0.25) is 10.1 Å². The van der Waals surface area contributed by atoms with Crippen molar-refractivity contribution in [1.29, 1.82) is 0 Å². The van der Waals surface area contributed by atoms with Gasteiger partial charge >= 0.3 is 6.09 Å². The summed E-state index contributed by atoms with van der Waals surface area (Å²) in [6.07, 6.45) is 5.36. The quantitative estimate of drug-likeness (QED) is 0.575. The molecule has 8 nitrogen and oxygen atoms in total. The maximum Gasteiger partial charge on any atom is 0.410 e. The summed E-state index contributed by atoms with van der Waals surface area (Å²) in [7, 11) is 0. The number of nitro groups is 1. The minimum Gasteiger partial charge on any atom is -0.444 e. The molecule has 2 aliphatic heterocycles. The third-order valence-electron chi connectivity index (χ3n) is 5.66. The van der Waals surface area contributed by atoms with E-state index in [0.717, 1.165) is 57.7 Å². The fraction of sp³-hybridized carbons (Fsp3) is 0.700. The Morgan fingerprint density at radius 1 is 1.11 bits per heavy atom. The molecule has 0 atom stereocenters. The maximum absolute atomic E-state index is 12.2. The molecule has 8 heteroatoms. The predicted molar refractivity (Wildman–Crippen MR) is 106 cm³/mol. The van der Waals surface area contributed by atoms with E-state index in [2.05, 4.69) is 9.88 Å². The third kappa shape index (κ3) is 5.11. The molecule has 0 radical (unpaired) electrons. The van der Waals surface area contributed by atoms with Crippen LogP contribution in [0.15, 0.2) is 18.3 Å². The van der Waals surface area contributed by atoms with E-state index in [-0.39, 0.29) is 11.8 Å². The Labute approximate surface area is 166 Å². The number of rotatable bonds is 3. The lowest BCUT2D eigenvalue weighted by Gasteiger charge is -2.40. The first kappa shape index (κ1) is 20.4. The van der Waals surface area contributed by atoms with E-state index in [1.807, 2.05) is 25.7 Å². The van der Waals surface area contributed by atoms with Gasteiger partial charge in [0, 0.05) is 32.2 Å². The summed E-state index contributed by atoms with van der Waals surface area (Å²) in [5, 5.41) is 10.8. The van der Waals surface area contributed by atoms with Gasteiger partial charge in [0.05, 0.1) is 4.92 Å². The molecule has 2 fully saturated rings. The molecule has 3 heterocycles. The van der Waals surface area contributed by atoms with E-state index < -0.39 is 10.5 Å². The molecule has 1 amide bonds. The second kappa shape index (κ2) is 8.32. The molecule has 0 N–H and O–H groups in total. The second-order valence-corrected chi connectivity index (χ2v) is 8.76. The molecular weight excluding hydrogens is 360 g/mol. The van der Waals surface area contributed by atoms with Crippen LogP contribution in [0.3, 0.4) is 0 Å². The van der Waals surface area contributed by atoms with Gasteiger partial charge in [-0.05, 0) is 64.4 Å². The molecule has 3 rings (SSSR count). The van der Waals surface area contributed by atoms with Crippen molar-refractivity contribution in [3.05, 3.63) is 28.4 Å². The maximum atomic E-state index is 12.2. The highest BCUT2D eigenvalue weighted by Gasteiger charge is 2.32. The SMILES string of the molecule is CC(C)(C)OC(=O)N1CCC(C2CCN(c3ccc([N+](=O)[O-])cn3)CC2)CC1. The number of carbonyl (C=O) groups excluding carboxylic acids is 1. The van der Waals surface area contributed by atoms with Gasteiger partial charge in [-0.15, -0.1) is 0 Å². The summed E-state index contributed by atoms with van der Waals surface area (Å²) < 4.78 is 5.48. The Kier molecular flexibility index (Phi) is 6.05. The Hall–Kier alpha value is -2.38. The van der Waals surface area contributed by atoms with Crippen molar-refractivity contribution in [3.63, 3.8) is 0 Å². The molecule has 2 aliphatic rings. The zero-order valence-electron chi connectivity index (χ0n) is 17.0. The molecule has 0 spiro atoms. The Morgan fingerprint density at radius 2 is 1.68 bits per heavy atom. The molecule has 28 heavy (non-hydrogen) atoms. The van der Waals surface area contributed by atoms with Crippen LogP contribution in [0.25, 0.3) is 0 Å². The lowest BCUT2D eigenvalue weighted by Crippen LogP contribution is -2.44. The van der Waals surface area contributed by atoms with Crippen LogP contribution < -0.4 is 4.90 Å². The predicted octanol–water partition coefficient (Wildman–Crippen LogP) is 3.85. The second-order valence-electron chi connectivity index (χ2n) is 8.76. The molecule has 0 unspecified atom stereocenters. The van der Waals surface area contributed by atoms with E-state index >= 15 is 0 Å². The molecule has 1 aromatic heterocycles. The summed E-state index contributed by atoms with van der Waals surface area (Å²) in [4.78, 5) is 30.8. The van der Waals surface area contributed by atoms with Gasteiger partial charge in [-0.2, -0.15) is 0 Å². The number of likely N-dealkylation sites (tertiary alicyclic amines) is 1. The van der Waals surface area contributed by atoms with E-state index in [4.69, 9.17) is 4.74 Å². The average Bonchev–Trinajstić information content (AvgIpc) is 2.67. The van der Waals surface area contributed by atoms with Crippen LogP contribution in [0.1, 0.15) is 46.5 Å². The normalized spacial score (nSPS) is 19.5. The number of anilines is 1. The number of carbonyl (C=O) groups is 1. The van der Waals surface area contributed by atoms with Gasteiger partial charge in [-0.25, -0.2) is 9.78 Å². The summed E-state index contributed by atoms with van der Waals surface area (Å²) in [6, 6.07) is 3.25. The van der Waals surface area contributed by atoms with Crippen molar-refractivity contribution in [3.8, 4) is 0 Å². The summed E-state index contributed by atoms with van der Waals surface area (Å²) in [5.74, 6) is 2.12. The van der Waals surface area contributed by atoms with Crippen LogP contribution in [-0.2, 0) is 4.74 Å². The molecular formula is C20H30N4O4. The number of nitrogens with zero attached hydrogens (tertiary/aromatic N) is 4. The zero-order valence-corrected chi connectivity index (χ0v) is 17.0. The van der Waals surface area contributed by atoms with E-state index in [0.29, 0.717) is 11.8 Å². The van der Waals surface area contributed by atoms with E-state index in [9.17, 15) is 14.9 Å². The van der Waals surface area contributed by atoms with Crippen molar-refractivity contribution >= 4 is 17.6 Å². The lowest BCUT2D eigenvalue weighted by atomic mass is 9.79. The molecule has 0 aliphatic carbocycles. The number of aromatic nitrogens is 1. The van der Waals surface area contributed by atoms with Crippen molar-refractivity contribution < 1.29 is 14.5 Å². The molecule has 0 bridgehead atoms. The monoisotopic (exact) mass is 390 g/mol. The molecule has 0 aromatic carbocycles. The first-order valence-electron chi connectivity index (χ1n) is 10.1. The summed E-state index contributed by atoms with van der Waals surface area (Å²) in [6.45, 7) is 9.05. The average molecular weight is 390 g/mol. The number of hydrogen-bond acceptors (Lipinski definition) is 6.